The third-order valence-electron chi connectivity index (χ3n) is 2.25. The molecule has 1 heterocycles. The molecule has 0 fully saturated rings. The molecule has 1 atom stereocenters. The number of nitrogens with two attached hydrogens (primary N) is 1. The Morgan fingerprint density at radius 2 is 2.10 bits per heavy atom. The first-order valence-corrected chi connectivity index (χ1v) is 7.58. The zero-order chi connectivity index (χ0) is 14.2. The van der Waals surface area contributed by atoms with Crippen LogP contribution in [0.1, 0.15) is 0 Å². The number of hydrogen-bond donors (Lipinski definition) is 1. The smallest absolute Gasteiger partial charge is 0.573 e. The van der Waals surface area contributed by atoms with Gasteiger partial charge in [0.2, 0.25) is 0 Å². The maximum Gasteiger partial charge on any atom is 0.573 e. The Hall–Kier alpha value is -1.06. The number of ether oxygens (including phenoxy) is 1. The number of nitrogens with zero attached hydrogens (tertiary/aromatic N) is 1. The third-order valence-corrected chi connectivity index (χ3v) is 3.85. The van der Waals surface area contributed by atoms with Gasteiger partial charge in [0.25, 0.3) is 0 Å². The molecular formula is C10H10ClF3N2O2S2. The largest absolute Gasteiger partial charge is 1.00 e. The minimum atomic E-state index is -4.72. The summed E-state index contributed by atoms with van der Waals surface area (Å²) < 4.78 is 53.5. The lowest BCUT2D eigenvalue weighted by Crippen LogP contribution is -3.00. The molecular weight excluding hydrogens is 337 g/mol. The molecule has 0 saturated carbocycles. The maximum atomic E-state index is 12.1. The molecule has 0 spiro atoms. The predicted octanol–water partition coefficient (Wildman–Crippen LogP) is -0.990. The van der Waals surface area contributed by atoms with Crippen molar-refractivity contribution in [2.24, 2.45) is 0 Å². The van der Waals surface area contributed by atoms with Crippen LogP contribution in [0.25, 0.3) is 10.2 Å². The SMILES string of the molecule is CS(=O)C[n+]1c(N)sc2cc(OC(F)(F)F)ccc21.[Cl-]. The van der Waals surface area contributed by atoms with Gasteiger partial charge in [0.15, 0.2) is 5.88 Å². The standard InChI is InChI=1S/C10H9F3N2O2S2.ClH/c1-19(16)5-15-7-3-2-6(17-10(11,12)13)4-8(7)18-9(15)14;/h2-4,14H,5H2,1H3;1H. The molecule has 1 aromatic heterocycles. The normalized spacial score (nSPS) is 13.0. The molecule has 0 bridgehead atoms. The van der Waals surface area contributed by atoms with E-state index in [4.69, 9.17) is 5.73 Å². The van der Waals surface area contributed by atoms with Crippen LogP contribution in [0.15, 0.2) is 18.2 Å². The summed E-state index contributed by atoms with van der Waals surface area (Å²) >= 11 is 1.12. The molecule has 0 radical (unpaired) electrons. The highest BCUT2D eigenvalue weighted by Gasteiger charge is 2.31. The topological polar surface area (TPSA) is 56.2 Å². The van der Waals surface area contributed by atoms with Crippen LogP contribution in [0.3, 0.4) is 0 Å². The average Bonchev–Trinajstić information content (AvgIpc) is 2.51. The summed E-state index contributed by atoms with van der Waals surface area (Å²) in [5.41, 5.74) is 6.39. The van der Waals surface area contributed by atoms with Gasteiger partial charge in [0.05, 0.1) is 15.5 Å². The van der Waals surface area contributed by atoms with Crippen molar-refractivity contribution in [2.75, 3.05) is 12.0 Å². The fourth-order valence-electron chi connectivity index (χ4n) is 1.60. The Balaban J connectivity index is 0.00000200. The van der Waals surface area contributed by atoms with E-state index in [1.54, 1.807) is 4.57 Å². The highest BCUT2D eigenvalue weighted by Crippen LogP contribution is 2.29. The van der Waals surface area contributed by atoms with E-state index in [0.29, 0.717) is 15.3 Å². The average molecular weight is 347 g/mol. The molecule has 20 heavy (non-hydrogen) atoms. The van der Waals surface area contributed by atoms with E-state index in [-0.39, 0.29) is 24.0 Å². The fourth-order valence-corrected chi connectivity index (χ4v) is 3.28. The van der Waals surface area contributed by atoms with Crippen molar-refractivity contribution in [3.63, 3.8) is 0 Å². The minimum absolute atomic E-state index is 0. The van der Waals surface area contributed by atoms with Gasteiger partial charge in [0, 0.05) is 12.3 Å². The molecule has 112 valence electrons. The number of anilines is 1. The third kappa shape index (κ3) is 3.97. The number of aromatic nitrogens is 1. The molecule has 0 amide bonds. The van der Waals surface area contributed by atoms with Gasteiger partial charge in [-0.05, 0) is 23.5 Å². The van der Waals surface area contributed by atoms with Crippen molar-refractivity contribution in [3.05, 3.63) is 18.2 Å². The number of nitrogen functional groups attached to an aromatic ring is 1. The zero-order valence-corrected chi connectivity index (χ0v) is 12.5. The van der Waals surface area contributed by atoms with Crippen molar-refractivity contribution in [1.29, 1.82) is 0 Å². The Morgan fingerprint density at radius 3 is 2.65 bits per heavy atom. The predicted molar refractivity (Wildman–Crippen MR) is 67.2 cm³/mol. The van der Waals surface area contributed by atoms with Crippen molar-refractivity contribution < 1.29 is 39.1 Å². The zero-order valence-electron chi connectivity index (χ0n) is 10.1. The number of rotatable bonds is 3. The van der Waals surface area contributed by atoms with Gasteiger partial charge in [-0.2, -0.15) is 0 Å². The van der Waals surface area contributed by atoms with Gasteiger partial charge >= 0.3 is 11.5 Å². The van der Waals surface area contributed by atoms with Crippen LogP contribution in [-0.2, 0) is 16.7 Å². The Morgan fingerprint density at radius 1 is 1.45 bits per heavy atom. The van der Waals surface area contributed by atoms with Crippen LogP contribution in [0.4, 0.5) is 18.3 Å². The number of hydrogen-bond acceptors (Lipinski definition) is 4. The highest BCUT2D eigenvalue weighted by molar-refractivity contribution is 7.83. The first kappa shape index (κ1) is 17.0. The van der Waals surface area contributed by atoms with E-state index in [1.807, 2.05) is 0 Å². The summed E-state index contributed by atoms with van der Waals surface area (Å²) in [6, 6.07) is 3.94. The van der Waals surface area contributed by atoms with E-state index >= 15 is 0 Å². The van der Waals surface area contributed by atoms with Crippen LogP contribution >= 0.6 is 11.3 Å². The molecule has 1 aromatic carbocycles. The lowest BCUT2D eigenvalue weighted by Gasteiger charge is -2.07. The van der Waals surface area contributed by atoms with Crippen LogP contribution in [0.5, 0.6) is 5.75 Å². The van der Waals surface area contributed by atoms with E-state index in [2.05, 4.69) is 4.74 Å². The summed E-state index contributed by atoms with van der Waals surface area (Å²) in [4.78, 5) is 0. The number of alkyl halides is 3. The monoisotopic (exact) mass is 346 g/mol. The number of halogens is 4. The summed E-state index contributed by atoms with van der Waals surface area (Å²) in [6.45, 7) is 0. The molecule has 4 nitrogen and oxygen atoms in total. The second kappa shape index (κ2) is 6.15. The molecule has 10 heteroatoms. The lowest BCUT2D eigenvalue weighted by atomic mass is 10.3. The van der Waals surface area contributed by atoms with Gasteiger partial charge in [-0.1, -0.05) is 0 Å². The second-order valence-corrected chi connectivity index (χ2v) is 6.21. The molecule has 0 saturated heterocycles. The van der Waals surface area contributed by atoms with E-state index in [1.165, 1.54) is 24.5 Å². The van der Waals surface area contributed by atoms with Gasteiger partial charge in [0.1, 0.15) is 11.3 Å². The van der Waals surface area contributed by atoms with Crippen molar-refractivity contribution in [1.82, 2.24) is 0 Å². The molecule has 0 aliphatic heterocycles. The minimum Gasteiger partial charge on any atom is -1.00 e. The Kier molecular flexibility index (Phi) is 5.22. The second-order valence-electron chi connectivity index (χ2n) is 3.75. The summed E-state index contributed by atoms with van der Waals surface area (Å²) in [6.07, 6.45) is -3.20. The van der Waals surface area contributed by atoms with Crippen LogP contribution in [0.2, 0.25) is 0 Å². The van der Waals surface area contributed by atoms with Gasteiger partial charge in [-0.3, -0.25) is 9.94 Å². The van der Waals surface area contributed by atoms with Crippen molar-refractivity contribution >= 4 is 37.5 Å². The summed E-state index contributed by atoms with van der Waals surface area (Å²) in [5.74, 6) is -0.100. The number of thiazole rings is 1. The number of fused-ring (bicyclic) bond motifs is 1. The number of benzene rings is 1. The van der Waals surface area contributed by atoms with Crippen LogP contribution < -0.4 is 27.4 Å². The molecule has 2 rings (SSSR count). The van der Waals surface area contributed by atoms with E-state index in [0.717, 1.165) is 11.3 Å². The molecule has 2 aromatic rings. The van der Waals surface area contributed by atoms with Crippen molar-refractivity contribution in [3.8, 4) is 5.75 Å². The summed E-state index contributed by atoms with van der Waals surface area (Å²) in [5, 5.41) is 0.384. The van der Waals surface area contributed by atoms with Gasteiger partial charge in [-0.25, -0.2) is 4.57 Å². The van der Waals surface area contributed by atoms with Crippen LogP contribution in [0, 0.1) is 0 Å². The quantitative estimate of drug-likeness (QED) is 0.726. The molecule has 1 unspecified atom stereocenters. The van der Waals surface area contributed by atoms with Gasteiger partial charge in [-0.15, -0.1) is 13.2 Å². The fraction of sp³-hybridized carbons (Fsp3) is 0.300. The molecule has 0 aliphatic rings. The maximum absolute atomic E-state index is 12.1. The lowest BCUT2D eigenvalue weighted by molar-refractivity contribution is -0.631. The Labute approximate surface area is 125 Å². The van der Waals surface area contributed by atoms with E-state index < -0.39 is 17.2 Å². The highest BCUT2D eigenvalue weighted by atomic mass is 35.5. The first-order chi connectivity index (χ1) is 8.76. The Bertz CT molecular complexity index is 645. The summed E-state index contributed by atoms with van der Waals surface area (Å²) in [7, 11) is -1.10. The van der Waals surface area contributed by atoms with Gasteiger partial charge < -0.3 is 17.1 Å². The van der Waals surface area contributed by atoms with Crippen LogP contribution in [-0.4, -0.2) is 16.8 Å². The van der Waals surface area contributed by atoms with E-state index in [9.17, 15) is 17.4 Å². The first-order valence-electron chi connectivity index (χ1n) is 5.04. The molecule has 2 N–H and O–H groups in total. The van der Waals surface area contributed by atoms with Crippen molar-refractivity contribution in [2.45, 2.75) is 12.2 Å². The molecule has 0 aliphatic carbocycles.